The highest BCUT2D eigenvalue weighted by atomic mass is 16.5. The molecule has 0 aromatic carbocycles. The van der Waals surface area contributed by atoms with E-state index >= 15 is 0 Å². The van der Waals surface area contributed by atoms with Gasteiger partial charge in [-0.2, -0.15) is 0 Å². The summed E-state index contributed by atoms with van der Waals surface area (Å²) >= 11 is 0. The van der Waals surface area contributed by atoms with Crippen molar-refractivity contribution in [2.75, 3.05) is 54.0 Å². The molecule has 28 heavy (non-hydrogen) atoms. The lowest BCUT2D eigenvalue weighted by molar-refractivity contribution is -0.134. The molecule has 7 heteroatoms. The third kappa shape index (κ3) is 5.17. The third-order valence-electron chi connectivity index (χ3n) is 6.81. The van der Waals surface area contributed by atoms with Crippen LogP contribution in [0.3, 0.4) is 0 Å². The van der Waals surface area contributed by atoms with Crippen molar-refractivity contribution in [3.8, 4) is 0 Å². The maximum Gasteiger partial charge on any atom is 0.225 e. The molecule has 1 aliphatic carbocycles. The third-order valence-corrected chi connectivity index (χ3v) is 6.81. The van der Waals surface area contributed by atoms with Crippen LogP contribution >= 0.6 is 0 Å². The summed E-state index contributed by atoms with van der Waals surface area (Å²) in [6.45, 7) is 5.00. The van der Waals surface area contributed by atoms with Gasteiger partial charge in [0.25, 0.3) is 0 Å². The molecule has 0 bridgehead atoms. The van der Waals surface area contributed by atoms with Crippen molar-refractivity contribution >= 4 is 11.9 Å². The van der Waals surface area contributed by atoms with Crippen LogP contribution < -0.4 is 10.6 Å². The molecule has 2 saturated heterocycles. The minimum Gasteiger partial charge on any atom is -0.381 e. The van der Waals surface area contributed by atoms with Crippen LogP contribution in [0.15, 0.2) is 4.99 Å². The minimum atomic E-state index is 0.130. The molecule has 3 aliphatic rings. The summed E-state index contributed by atoms with van der Waals surface area (Å²) < 4.78 is 5.66. The van der Waals surface area contributed by atoms with Gasteiger partial charge in [-0.25, -0.2) is 0 Å². The zero-order valence-corrected chi connectivity index (χ0v) is 18.0. The fraction of sp³-hybridized carbons (Fsp3) is 0.905. The zero-order chi connectivity index (χ0) is 20.0. The molecular weight excluding hydrogens is 354 g/mol. The van der Waals surface area contributed by atoms with Crippen LogP contribution in [0.25, 0.3) is 0 Å². The molecule has 0 spiro atoms. The fourth-order valence-corrected chi connectivity index (χ4v) is 5.09. The first-order chi connectivity index (χ1) is 13.5. The Labute approximate surface area is 170 Å². The topological polar surface area (TPSA) is 69.2 Å². The second-order valence-electron chi connectivity index (χ2n) is 8.89. The number of carbonyl (C=O) groups excluding carboxylic acids is 1. The van der Waals surface area contributed by atoms with E-state index in [1.807, 2.05) is 21.1 Å². The number of aliphatic imine (C=N–C) groups is 1. The highest BCUT2D eigenvalue weighted by Gasteiger charge is 2.39. The Bertz CT molecular complexity index is 539. The number of carbonyl (C=O) groups is 1. The second kappa shape index (κ2) is 9.92. The van der Waals surface area contributed by atoms with Crippen LogP contribution in [0.4, 0.5) is 0 Å². The minimum absolute atomic E-state index is 0.130. The quantitative estimate of drug-likeness (QED) is 0.546. The SMILES string of the molecule is CN=C(NCC1(N2CCCC2)CCOCC1)NC1CCCC(C(=O)N(C)C)C1. The number of likely N-dealkylation sites (tertiary alicyclic amines) is 1. The van der Waals surface area contributed by atoms with Crippen LogP contribution in [0, 0.1) is 5.92 Å². The van der Waals surface area contributed by atoms with E-state index in [2.05, 4.69) is 20.5 Å². The first-order valence-electron chi connectivity index (χ1n) is 11.1. The summed E-state index contributed by atoms with van der Waals surface area (Å²) in [7, 11) is 5.55. The van der Waals surface area contributed by atoms with E-state index in [0.29, 0.717) is 6.04 Å². The van der Waals surface area contributed by atoms with Gasteiger partial charge in [-0.15, -0.1) is 0 Å². The predicted octanol–water partition coefficient (Wildman–Crippen LogP) is 1.44. The van der Waals surface area contributed by atoms with E-state index < -0.39 is 0 Å². The van der Waals surface area contributed by atoms with Crippen LogP contribution in [0.1, 0.15) is 51.4 Å². The van der Waals surface area contributed by atoms with Gasteiger partial charge in [0.2, 0.25) is 5.91 Å². The molecule has 160 valence electrons. The molecule has 0 aromatic rings. The highest BCUT2D eigenvalue weighted by Crippen LogP contribution is 2.31. The molecule has 3 fully saturated rings. The van der Waals surface area contributed by atoms with Crippen molar-refractivity contribution in [3.05, 3.63) is 0 Å². The van der Waals surface area contributed by atoms with E-state index in [-0.39, 0.29) is 17.4 Å². The molecule has 7 nitrogen and oxygen atoms in total. The van der Waals surface area contributed by atoms with Gasteiger partial charge in [0, 0.05) is 58.4 Å². The summed E-state index contributed by atoms with van der Waals surface area (Å²) in [6.07, 6.45) is 8.86. The van der Waals surface area contributed by atoms with Crippen LogP contribution in [0.2, 0.25) is 0 Å². The number of amides is 1. The summed E-state index contributed by atoms with van der Waals surface area (Å²) in [6, 6.07) is 0.311. The molecule has 1 saturated carbocycles. The summed E-state index contributed by atoms with van der Waals surface area (Å²) in [5, 5.41) is 7.21. The Morgan fingerprint density at radius 2 is 1.89 bits per heavy atom. The van der Waals surface area contributed by atoms with Crippen molar-refractivity contribution in [2.24, 2.45) is 10.9 Å². The van der Waals surface area contributed by atoms with Crippen molar-refractivity contribution in [1.29, 1.82) is 0 Å². The lowest BCUT2D eigenvalue weighted by atomic mass is 9.85. The van der Waals surface area contributed by atoms with Gasteiger partial charge in [0.05, 0.1) is 0 Å². The maximum absolute atomic E-state index is 12.4. The zero-order valence-electron chi connectivity index (χ0n) is 18.0. The summed E-state index contributed by atoms with van der Waals surface area (Å²) in [4.78, 5) is 21.2. The Morgan fingerprint density at radius 1 is 1.18 bits per heavy atom. The predicted molar refractivity (Wildman–Crippen MR) is 113 cm³/mol. The first kappa shape index (κ1) is 21.4. The molecule has 3 rings (SSSR count). The number of nitrogens with zero attached hydrogens (tertiary/aromatic N) is 3. The molecule has 2 heterocycles. The van der Waals surface area contributed by atoms with E-state index in [0.717, 1.165) is 64.2 Å². The number of hydrogen-bond acceptors (Lipinski definition) is 4. The van der Waals surface area contributed by atoms with Gasteiger partial charge in [0.1, 0.15) is 0 Å². The molecule has 2 N–H and O–H groups in total. The number of nitrogens with one attached hydrogen (secondary N) is 2. The van der Waals surface area contributed by atoms with Gasteiger partial charge in [0.15, 0.2) is 5.96 Å². The van der Waals surface area contributed by atoms with Gasteiger partial charge in [-0.3, -0.25) is 14.7 Å². The summed E-state index contributed by atoms with van der Waals surface area (Å²) in [5.41, 5.74) is 0.183. The number of ether oxygens (including phenoxy) is 1. The van der Waals surface area contributed by atoms with Gasteiger partial charge < -0.3 is 20.3 Å². The average molecular weight is 394 g/mol. The van der Waals surface area contributed by atoms with Crippen LogP contribution in [-0.2, 0) is 9.53 Å². The number of rotatable bonds is 5. The van der Waals surface area contributed by atoms with E-state index in [4.69, 9.17) is 4.74 Å². The van der Waals surface area contributed by atoms with Gasteiger partial charge >= 0.3 is 0 Å². The average Bonchev–Trinajstić information content (AvgIpc) is 3.27. The molecule has 1 amide bonds. The molecule has 2 atom stereocenters. The van der Waals surface area contributed by atoms with E-state index in [1.165, 1.54) is 25.9 Å². The van der Waals surface area contributed by atoms with E-state index in [1.54, 1.807) is 4.90 Å². The standard InChI is InChI=1S/C21H39N5O2/c1-22-20(24-18-8-6-7-17(15-18)19(27)25(2)3)23-16-21(9-13-28-14-10-21)26-11-4-5-12-26/h17-18H,4-16H2,1-3H3,(H2,22,23,24). The Hall–Kier alpha value is -1.34. The lowest BCUT2D eigenvalue weighted by Crippen LogP contribution is -2.59. The summed E-state index contributed by atoms with van der Waals surface area (Å²) in [5.74, 6) is 1.25. The Kier molecular flexibility index (Phi) is 7.57. The lowest BCUT2D eigenvalue weighted by Gasteiger charge is -2.45. The molecule has 2 unspecified atom stereocenters. The van der Waals surface area contributed by atoms with Crippen molar-refractivity contribution in [1.82, 2.24) is 20.4 Å². The number of hydrogen-bond donors (Lipinski definition) is 2. The highest BCUT2D eigenvalue weighted by molar-refractivity contribution is 5.81. The molecule has 0 aromatic heterocycles. The fourth-order valence-electron chi connectivity index (χ4n) is 5.09. The normalized spacial score (nSPS) is 28.8. The van der Waals surface area contributed by atoms with Gasteiger partial charge in [-0.1, -0.05) is 6.42 Å². The van der Waals surface area contributed by atoms with Crippen LogP contribution in [-0.4, -0.2) is 87.2 Å². The molecular formula is C21H39N5O2. The van der Waals surface area contributed by atoms with Crippen molar-refractivity contribution < 1.29 is 9.53 Å². The smallest absolute Gasteiger partial charge is 0.225 e. The molecule has 2 aliphatic heterocycles. The maximum atomic E-state index is 12.4. The largest absolute Gasteiger partial charge is 0.381 e. The first-order valence-corrected chi connectivity index (χ1v) is 11.1. The number of guanidine groups is 1. The molecule has 0 radical (unpaired) electrons. The van der Waals surface area contributed by atoms with Crippen molar-refractivity contribution in [3.63, 3.8) is 0 Å². The second-order valence-corrected chi connectivity index (χ2v) is 8.89. The van der Waals surface area contributed by atoms with E-state index in [9.17, 15) is 4.79 Å². The van der Waals surface area contributed by atoms with Gasteiger partial charge in [-0.05, 0) is 58.0 Å². The Balaban J connectivity index is 1.55. The van der Waals surface area contributed by atoms with Crippen LogP contribution in [0.5, 0.6) is 0 Å². The monoisotopic (exact) mass is 393 g/mol. The van der Waals surface area contributed by atoms with Crippen molar-refractivity contribution in [2.45, 2.75) is 62.9 Å². The Morgan fingerprint density at radius 3 is 2.54 bits per heavy atom.